The van der Waals surface area contributed by atoms with Crippen molar-refractivity contribution in [3.05, 3.63) is 0 Å². The molecule has 0 amide bonds. The van der Waals surface area contributed by atoms with Gasteiger partial charge in [-0.1, -0.05) is 26.6 Å². The Labute approximate surface area is 70.5 Å². The summed E-state index contributed by atoms with van der Waals surface area (Å²) >= 11 is 0. The van der Waals surface area contributed by atoms with Crippen LogP contribution in [0.4, 0.5) is 0 Å². The van der Waals surface area contributed by atoms with Crippen molar-refractivity contribution < 1.29 is 8.42 Å². The van der Waals surface area contributed by atoms with Crippen LogP contribution in [0.1, 0.15) is 6.92 Å². The highest BCUT2D eigenvalue weighted by Crippen LogP contribution is 2.12. The Morgan fingerprint density at radius 3 is 1.64 bits per heavy atom. The van der Waals surface area contributed by atoms with Crippen molar-refractivity contribution >= 4 is 18.3 Å². The first-order chi connectivity index (χ1) is 4.69. The van der Waals surface area contributed by atoms with Crippen molar-refractivity contribution in [3.63, 3.8) is 0 Å². The third-order valence-corrected chi connectivity index (χ3v) is 6.95. The molecular weight excluding hydrogens is 178 g/mol. The van der Waals surface area contributed by atoms with Gasteiger partial charge in [0, 0.05) is 6.54 Å². The fourth-order valence-corrected chi connectivity index (χ4v) is 6.60. The lowest BCUT2D eigenvalue weighted by Gasteiger charge is -2.30. The van der Waals surface area contributed by atoms with Crippen molar-refractivity contribution in [1.82, 2.24) is 3.97 Å². The molecule has 0 aliphatic heterocycles. The van der Waals surface area contributed by atoms with Gasteiger partial charge in [0.25, 0.3) is 0 Å². The largest absolute Gasteiger partial charge is 0.225 e. The molecule has 0 rings (SSSR count). The molecule has 3 nitrogen and oxygen atoms in total. The third kappa shape index (κ3) is 3.35. The number of rotatable bonds is 3. The molecule has 0 aromatic rings. The Hall–Kier alpha value is 0.127. The number of hydrogen-bond donors (Lipinski definition) is 0. The smallest absolute Gasteiger partial charge is 0.205 e. The molecule has 0 atom stereocenters. The highest BCUT2D eigenvalue weighted by atomic mass is 32.2. The molecule has 11 heavy (non-hydrogen) atoms. The van der Waals surface area contributed by atoms with Gasteiger partial charge in [-0.2, -0.15) is 0 Å². The first-order valence-corrected chi connectivity index (χ1v) is 8.97. The first kappa shape index (κ1) is 11.1. The molecule has 0 N–H and O–H groups in total. The normalized spacial score (nSPS) is 14.0. The maximum absolute atomic E-state index is 11.2. The minimum Gasteiger partial charge on any atom is -0.225 e. The molecule has 0 spiro atoms. The van der Waals surface area contributed by atoms with Gasteiger partial charge in [0.2, 0.25) is 10.0 Å². The van der Waals surface area contributed by atoms with Crippen LogP contribution in [-0.2, 0) is 10.0 Å². The number of nitrogens with zero attached hydrogens (tertiary/aromatic N) is 1. The van der Waals surface area contributed by atoms with E-state index in [-0.39, 0.29) is 0 Å². The summed E-state index contributed by atoms with van der Waals surface area (Å²) in [5.41, 5.74) is 0. The minimum absolute atomic E-state index is 0.592. The molecule has 0 unspecified atom stereocenters. The average Bonchev–Trinajstić information content (AvgIpc) is 1.56. The van der Waals surface area contributed by atoms with Gasteiger partial charge in [0.15, 0.2) is 0 Å². The monoisotopic (exact) mass is 195 g/mol. The van der Waals surface area contributed by atoms with Crippen LogP contribution in [0.2, 0.25) is 19.6 Å². The van der Waals surface area contributed by atoms with E-state index in [1.54, 1.807) is 3.97 Å². The summed E-state index contributed by atoms with van der Waals surface area (Å²) in [5, 5.41) is 0. The van der Waals surface area contributed by atoms with E-state index in [1.807, 2.05) is 26.6 Å². The van der Waals surface area contributed by atoms with Crippen LogP contribution in [-0.4, -0.2) is 33.4 Å². The Kier molecular flexibility index (Phi) is 3.28. The lowest BCUT2D eigenvalue weighted by atomic mass is 10.8. The second-order valence-corrected chi connectivity index (χ2v) is 10.7. The van der Waals surface area contributed by atoms with Crippen LogP contribution < -0.4 is 0 Å². The molecule has 0 heterocycles. The third-order valence-electron chi connectivity index (χ3n) is 1.44. The van der Waals surface area contributed by atoms with Gasteiger partial charge in [-0.3, -0.25) is 0 Å². The zero-order valence-corrected chi connectivity index (χ0v) is 9.70. The summed E-state index contributed by atoms with van der Waals surface area (Å²) in [6.07, 6.45) is 1.27. The summed E-state index contributed by atoms with van der Waals surface area (Å²) in [6.45, 7) is 8.54. The van der Waals surface area contributed by atoms with Crippen molar-refractivity contribution in [2.75, 3.05) is 12.8 Å². The predicted octanol–water partition coefficient (Wildman–Crippen LogP) is 1.10. The summed E-state index contributed by atoms with van der Waals surface area (Å²) in [6, 6.07) is 0. The molecular formula is C6H17NO2SSi. The van der Waals surface area contributed by atoms with Gasteiger partial charge in [-0.15, -0.1) is 0 Å². The molecule has 0 fully saturated rings. The zero-order valence-electron chi connectivity index (χ0n) is 7.88. The van der Waals surface area contributed by atoms with Crippen LogP contribution in [0, 0.1) is 0 Å². The first-order valence-electron chi connectivity index (χ1n) is 3.67. The maximum Gasteiger partial charge on any atom is 0.205 e. The van der Waals surface area contributed by atoms with E-state index >= 15 is 0 Å². The highest BCUT2D eigenvalue weighted by Gasteiger charge is 2.29. The van der Waals surface area contributed by atoms with Crippen LogP contribution in [0.15, 0.2) is 0 Å². The van der Waals surface area contributed by atoms with E-state index < -0.39 is 18.3 Å². The Morgan fingerprint density at radius 1 is 1.27 bits per heavy atom. The molecule has 0 saturated carbocycles. The van der Waals surface area contributed by atoms with Crippen LogP contribution in [0.25, 0.3) is 0 Å². The molecule has 0 radical (unpaired) electrons. The van der Waals surface area contributed by atoms with Gasteiger partial charge in [0.05, 0.1) is 6.26 Å². The molecule has 0 aromatic carbocycles. The molecule has 68 valence electrons. The molecule has 0 aliphatic rings. The maximum atomic E-state index is 11.2. The van der Waals surface area contributed by atoms with Crippen LogP contribution in [0.3, 0.4) is 0 Å². The topological polar surface area (TPSA) is 37.4 Å². The average molecular weight is 195 g/mol. The zero-order chi connectivity index (χ0) is 9.28. The number of hydrogen-bond acceptors (Lipinski definition) is 2. The van der Waals surface area contributed by atoms with Gasteiger partial charge in [-0.25, -0.2) is 12.4 Å². The van der Waals surface area contributed by atoms with Gasteiger partial charge in [0.1, 0.15) is 8.24 Å². The lowest BCUT2D eigenvalue weighted by Crippen LogP contribution is -2.48. The van der Waals surface area contributed by atoms with Gasteiger partial charge in [-0.05, 0) is 0 Å². The van der Waals surface area contributed by atoms with Crippen molar-refractivity contribution in [1.29, 1.82) is 0 Å². The second-order valence-electron chi connectivity index (χ2n) is 3.60. The Bertz CT molecular complexity index is 217. The molecule has 0 aromatic heterocycles. The van der Waals surface area contributed by atoms with E-state index in [0.29, 0.717) is 6.54 Å². The lowest BCUT2D eigenvalue weighted by molar-refractivity contribution is 0.540. The van der Waals surface area contributed by atoms with E-state index in [4.69, 9.17) is 0 Å². The summed E-state index contributed by atoms with van der Waals surface area (Å²) < 4.78 is 24.0. The van der Waals surface area contributed by atoms with Crippen molar-refractivity contribution in [2.45, 2.75) is 26.6 Å². The fraction of sp³-hybridized carbons (Fsp3) is 1.00. The molecule has 0 aliphatic carbocycles. The molecule has 5 heteroatoms. The van der Waals surface area contributed by atoms with Crippen molar-refractivity contribution in [3.8, 4) is 0 Å². The SMILES string of the molecule is CCN([Si](C)(C)C)S(C)(=O)=O. The Morgan fingerprint density at radius 2 is 1.64 bits per heavy atom. The Balaban J connectivity index is 4.72. The summed E-state index contributed by atoms with van der Waals surface area (Å²) in [7, 11) is -4.65. The van der Waals surface area contributed by atoms with Gasteiger partial charge < -0.3 is 0 Å². The number of sulfonamides is 1. The highest BCUT2D eigenvalue weighted by molar-refractivity contribution is 7.89. The standard InChI is InChI=1S/C6H17NO2SSi/c1-6-7(10(2,8)9)11(3,4)5/h6H2,1-5H3. The fourth-order valence-electron chi connectivity index (χ4n) is 1.21. The van der Waals surface area contributed by atoms with E-state index in [1.165, 1.54) is 6.26 Å². The summed E-state index contributed by atoms with van der Waals surface area (Å²) in [5.74, 6) is 0. The van der Waals surface area contributed by atoms with E-state index in [2.05, 4.69) is 0 Å². The molecule has 0 bridgehead atoms. The second kappa shape index (κ2) is 3.24. The van der Waals surface area contributed by atoms with Crippen LogP contribution >= 0.6 is 0 Å². The van der Waals surface area contributed by atoms with Crippen molar-refractivity contribution in [2.24, 2.45) is 0 Å². The minimum atomic E-state index is -2.98. The molecule has 0 saturated heterocycles. The van der Waals surface area contributed by atoms with Gasteiger partial charge >= 0.3 is 0 Å². The van der Waals surface area contributed by atoms with Crippen LogP contribution in [0.5, 0.6) is 0 Å². The summed E-state index contributed by atoms with van der Waals surface area (Å²) in [4.78, 5) is 0. The van der Waals surface area contributed by atoms with E-state index in [9.17, 15) is 8.42 Å². The predicted molar refractivity (Wildman–Crippen MR) is 50.6 cm³/mol. The quantitative estimate of drug-likeness (QED) is 0.633. The van der Waals surface area contributed by atoms with E-state index in [0.717, 1.165) is 0 Å².